The average molecular weight is 1230 g/mol. The highest BCUT2D eigenvalue weighted by Crippen LogP contribution is 2.41. The van der Waals surface area contributed by atoms with E-state index in [4.69, 9.17) is 29.4 Å². The Hall–Kier alpha value is -11.0. The van der Waals surface area contributed by atoms with Crippen LogP contribution < -0.4 is 40.6 Å². The SMILES string of the molecule is Cc1ccc(Oc2ccc(OC(F)F)c(-c3nn(CCN[C@H]4CCOC4)cc3NC(=O)c3cnn4cccnc34)c2)cc1C(=O)N(C)C.Cn1cc(NC(=O)c2cnn3cccnc23)c(-c2cc(Oc3cccc(-n4nccc4CN)c3)ccc2OC(F)F)n1. The second kappa shape index (κ2) is 26.9. The van der Waals surface area contributed by atoms with Crippen LogP contribution in [-0.2, 0) is 24.9 Å². The molecule has 462 valence electrons. The molecule has 0 bridgehead atoms. The molecule has 3 amide bonds. The average Bonchev–Trinajstić information content (AvgIpc) is 1.64. The molecule has 1 atom stereocenters. The van der Waals surface area contributed by atoms with Crippen molar-refractivity contribution < 1.29 is 55.6 Å². The number of ether oxygens (including phenoxy) is 5. The van der Waals surface area contributed by atoms with Gasteiger partial charge in [-0.25, -0.2) is 23.7 Å². The number of carbonyl (C=O) groups is 3. The van der Waals surface area contributed by atoms with Crippen LogP contribution in [0.3, 0.4) is 0 Å². The van der Waals surface area contributed by atoms with Crippen LogP contribution in [0.25, 0.3) is 39.5 Å². The lowest BCUT2D eigenvalue weighted by Crippen LogP contribution is -2.32. The Balaban J connectivity index is 0.000000187. The van der Waals surface area contributed by atoms with Gasteiger partial charge in [-0.15, -0.1) is 0 Å². The number of anilines is 2. The zero-order chi connectivity index (χ0) is 63.0. The first kappa shape index (κ1) is 60.6. The topological polar surface area (TPSA) is 277 Å². The molecule has 90 heavy (non-hydrogen) atoms. The predicted molar refractivity (Wildman–Crippen MR) is 319 cm³/mol. The Bertz CT molecular complexity index is 4380. The van der Waals surface area contributed by atoms with Crippen LogP contribution in [0.4, 0.5) is 28.9 Å². The van der Waals surface area contributed by atoms with Crippen molar-refractivity contribution in [1.82, 2.24) is 68.8 Å². The molecule has 11 aromatic rings. The smallest absolute Gasteiger partial charge is 0.387 e. The van der Waals surface area contributed by atoms with Crippen LogP contribution >= 0.6 is 0 Å². The molecule has 0 saturated carbocycles. The maximum absolute atomic E-state index is 13.6. The standard InChI is InChI=1S/C33H34F2N8O5.C28H23F2N9O3/c1-20-5-6-22(15-24(20)32(45)41(2)3)47-23-7-8-28(48-33(34)35)25(16-23)29-27(18-42(40-29)13-11-36-21-9-14-46-19-21)39-31(44)26-17-38-43-12-4-10-37-30(26)43;1-37-16-23(35-27(40)22-15-34-38-11-3-9-32-26(22)38)25(36-37)21-13-20(6-7-24(21)42-28(29)30)41-19-5-2-4-17(12-19)39-18(14-31)8-10-33-39/h4-8,10,12,15-18,21,33,36H,9,11,13-14,19H2,1-3H3,(H,39,44);2-13,15-16,28H,14,31H2,1H3,(H,35,40)/t21-;/m0./s1. The highest BCUT2D eigenvalue weighted by Gasteiger charge is 2.26. The van der Waals surface area contributed by atoms with Crippen molar-refractivity contribution in [3.63, 3.8) is 0 Å². The maximum atomic E-state index is 13.6. The van der Waals surface area contributed by atoms with Crippen LogP contribution in [0.2, 0.25) is 0 Å². The minimum atomic E-state index is -3.13. The van der Waals surface area contributed by atoms with Crippen molar-refractivity contribution in [3.8, 4) is 62.7 Å². The fourth-order valence-corrected chi connectivity index (χ4v) is 9.76. The van der Waals surface area contributed by atoms with Crippen molar-refractivity contribution in [2.75, 3.05) is 44.5 Å². The quantitative estimate of drug-likeness (QED) is 0.0488. The highest BCUT2D eigenvalue weighted by molar-refractivity contribution is 6.10. The van der Waals surface area contributed by atoms with E-state index in [-0.39, 0.29) is 74.2 Å². The number of nitrogens with two attached hydrogens (primary N) is 1. The van der Waals surface area contributed by atoms with E-state index in [0.29, 0.717) is 67.0 Å². The van der Waals surface area contributed by atoms with E-state index in [2.05, 4.69) is 51.4 Å². The summed E-state index contributed by atoms with van der Waals surface area (Å²) in [4.78, 5) is 49.4. The molecule has 0 spiro atoms. The summed E-state index contributed by atoms with van der Waals surface area (Å²) >= 11 is 0. The molecule has 1 aliphatic rings. The molecule has 1 aliphatic heterocycles. The number of hydrogen-bond acceptors (Lipinski definition) is 17. The molecule has 29 heteroatoms. The summed E-state index contributed by atoms with van der Waals surface area (Å²) in [6.45, 7) is -1.83. The molecule has 1 fully saturated rings. The predicted octanol–water partition coefficient (Wildman–Crippen LogP) is 9.05. The second-order valence-corrected chi connectivity index (χ2v) is 20.4. The zero-order valence-corrected chi connectivity index (χ0v) is 48.6. The number of alkyl halides is 4. The van der Waals surface area contributed by atoms with E-state index in [1.165, 1.54) is 67.4 Å². The van der Waals surface area contributed by atoms with Gasteiger partial charge in [0, 0.05) is 102 Å². The largest absolute Gasteiger partial charge is 0.457 e. The van der Waals surface area contributed by atoms with Gasteiger partial charge < -0.3 is 50.3 Å². The Labute approximate surface area is 509 Å². The van der Waals surface area contributed by atoms with Gasteiger partial charge in [0.25, 0.3) is 17.7 Å². The van der Waals surface area contributed by atoms with E-state index in [1.807, 2.05) is 19.1 Å². The zero-order valence-electron chi connectivity index (χ0n) is 48.6. The number of nitrogens with zero attached hydrogens (tertiary/aromatic N) is 13. The summed E-state index contributed by atoms with van der Waals surface area (Å²) in [5.74, 6) is -0.136. The number of halogens is 4. The molecule has 0 aliphatic carbocycles. The van der Waals surface area contributed by atoms with Gasteiger partial charge in [-0.1, -0.05) is 12.1 Å². The van der Waals surface area contributed by atoms with Crippen LogP contribution in [0.5, 0.6) is 34.5 Å². The summed E-state index contributed by atoms with van der Waals surface area (Å²) in [5.41, 5.74) is 10.9. The van der Waals surface area contributed by atoms with E-state index >= 15 is 0 Å². The van der Waals surface area contributed by atoms with E-state index in [9.17, 15) is 31.9 Å². The number of amides is 3. The first-order chi connectivity index (χ1) is 43.5. The van der Waals surface area contributed by atoms with Crippen molar-refractivity contribution in [2.45, 2.75) is 45.7 Å². The van der Waals surface area contributed by atoms with Crippen LogP contribution in [-0.4, -0.2) is 134 Å². The lowest BCUT2D eigenvalue weighted by Gasteiger charge is -2.15. The van der Waals surface area contributed by atoms with Crippen molar-refractivity contribution in [3.05, 3.63) is 181 Å². The van der Waals surface area contributed by atoms with Gasteiger partial charge in [-0.3, -0.25) is 23.7 Å². The monoisotopic (exact) mass is 1230 g/mol. The van der Waals surface area contributed by atoms with E-state index in [0.717, 1.165) is 23.4 Å². The lowest BCUT2D eigenvalue weighted by atomic mass is 10.1. The number of benzene rings is 4. The van der Waals surface area contributed by atoms with Gasteiger partial charge >= 0.3 is 13.2 Å². The number of hydrogen-bond donors (Lipinski definition) is 4. The minimum Gasteiger partial charge on any atom is -0.457 e. The molecule has 0 unspecified atom stereocenters. The van der Waals surface area contributed by atoms with Crippen molar-refractivity contribution >= 4 is 40.4 Å². The third-order valence-corrected chi connectivity index (χ3v) is 14.0. The molecule has 1 saturated heterocycles. The van der Waals surface area contributed by atoms with Crippen LogP contribution in [0.1, 0.15) is 48.8 Å². The molecule has 8 heterocycles. The van der Waals surface area contributed by atoms with E-state index < -0.39 is 25.0 Å². The minimum absolute atomic E-state index is 0.147. The fraction of sp³-hybridized carbons (Fsp3) is 0.213. The summed E-state index contributed by atoms with van der Waals surface area (Å²) in [7, 11) is 4.95. The number of fused-ring (bicyclic) bond motifs is 2. The van der Waals surface area contributed by atoms with Gasteiger partial charge in [-0.05, 0) is 97.8 Å². The molecule has 0 radical (unpaired) electrons. The van der Waals surface area contributed by atoms with Crippen LogP contribution in [0.15, 0.2) is 153 Å². The van der Waals surface area contributed by atoms with Gasteiger partial charge in [0.05, 0.1) is 59.4 Å². The molecule has 4 aromatic carbocycles. The summed E-state index contributed by atoms with van der Waals surface area (Å²) in [6.07, 6.45) is 14.9. The van der Waals surface area contributed by atoms with Crippen molar-refractivity contribution in [1.29, 1.82) is 0 Å². The Morgan fingerprint density at radius 2 is 1.29 bits per heavy atom. The summed E-state index contributed by atoms with van der Waals surface area (Å²) in [6, 6.07) is 26.3. The van der Waals surface area contributed by atoms with E-state index in [1.54, 1.807) is 122 Å². The molecule has 5 N–H and O–H groups in total. The molecule has 7 aromatic heterocycles. The molecule has 12 rings (SSSR count). The lowest BCUT2D eigenvalue weighted by molar-refractivity contribution is -0.0501. The second-order valence-electron chi connectivity index (χ2n) is 20.4. The fourth-order valence-electron chi connectivity index (χ4n) is 9.76. The van der Waals surface area contributed by atoms with Gasteiger partial charge in [0.15, 0.2) is 11.3 Å². The molecule has 25 nitrogen and oxygen atoms in total. The Morgan fingerprint density at radius 3 is 1.88 bits per heavy atom. The maximum Gasteiger partial charge on any atom is 0.387 e. The number of rotatable bonds is 21. The van der Waals surface area contributed by atoms with Gasteiger partial charge in [-0.2, -0.15) is 43.1 Å². The first-order valence-corrected chi connectivity index (χ1v) is 27.9. The molecular weight excluding hydrogens is 1170 g/mol. The van der Waals surface area contributed by atoms with Crippen LogP contribution in [0, 0.1) is 6.92 Å². The first-order valence-electron chi connectivity index (χ1n) is 27.9. The van der Waals surface area contributed by atoms with Gasteiger partial charge in [0.2, 0.25) is 0 Å². The van der Waals surface area contributed by atoms with Gasteiger partial charge in [0.1, 0.15) is 57.0 Å². The Kier molecular flexibility index (Phi) is 18.1. The number of aryl methyl sites for hydroxylation is 2. The normalized spacial score (nSPS) is 12.9. The number of aromatic nitrogens is 12. The third-order valence-electron chi connectivity index (χ3n) is 14.0. The number of nitrogens with one attached hydrogen (secondary N) is 3. The number of carbonyl (C=O) groups excluding carboxylic acids is 3. The summed E-state index contributed by atoms with van der Waals surface area (Å²) < 4.78 is 89.0. The third kappa shape index (κ3) is 13.9. The molecular formula is C61H57F4N17O8. The van der Waals surface area contributed by atoms with Crippen molar-refractivity contribution in [2.24, 2.45) is 12.8 Å². The highest BCUT2D eigenvalue weighted by atomic mass is 19.3. The Morgan fingerprint density at radius 1 is 0.700 bits per heavy atom. The summed E-state index contributed by atoms with van der Waals surface area (Å²) in [5, 5.41) is 30.8.